The molecule has 3 N–H and O–H groups in total. The summed E-state index contributed by atoms with van der Waals surface area (Å²) in [6, 6.07) is 8.33. The predicted molar refractivity (Wildman–Crippen MR) is 82.7 cm³/mol. The molecule has 2 unspecified atom stereocenters. The zero-order valence-electron chi connectivity index (χ0n) is 13.1. The number of nitrogens with one attached hydrogen (secondary N) is 1. The quantitative estimate of drug-likeness (QED) is 0.539. The van der Waals surface area contributed by atoms with Crippen molar-refractivity contribution in [2.75, 3.05) is 13.7 Å². The lowest BCUT2D eigenvalue weighted by Crippen LogP contribution is -2.47. The second-order valence-electron chi connectivity index (χ2n) is 5.32. The molecule has 2 atom stereocenters. The maximum absolute atomic E-state index is 5.82. The van der Waals surface area contributed by atoms with Gasteiger partial charge in [-0.3, -0.25) is 11.3 Å². The highest BCUT2D eigenvalue weighted by molar-refractivity contribution is 5.27. The lowest BCUT2D eigenvalue weighted by Gasteiger charge is -2.29. The normalized spacial score (nSPS) is 14.3. The number of benzene rings is 1. The third-order valence-electron chi connectivity index (χ3n) is 3.53. The zero-order valence-corrected chi connectivity index (χ0v) is 13.1. The van der Waals surface area contributed by atoms with E-state index in [9.17, 15) is 0 Å². The molecular weight excluding hydrogens is 252 g/mol. The minimum atomic E-state index is 0.142. The lowest BCUT2D eigenvalue weighted by atomic mass is 9.94. The third-order valence-corrected chi connectivity index (χ3v) is 3.53. The molecule has 1 rings (SSSR count). The van der Waals surface area contributed by atoms with Gasteiger partial charge >= 0.3 is 0 Å². The summed E-state index contributed by atoms with van der Waals surface area (Å²) in [4.78, 5) is 0. The molecule has 4 heteroatoms. The van der Waals surface area contributed by atoms with E-state index in [-0.39, 0.29) is 12.1 Å². The summed E-state index contributed by atoms with van der Waals surface area (Å²) < 4.78 is 11.0. The minimum absolute atomic E-state index is 0.142. The van der Waals surface area contributed by atoms with Gasteiger partial charge in [-0.2, -0.15) is 0 Å². The van der Waals surface area contributed by atoms with Crippen molar-refractivity contribution in [3.05, 3.63) is 29.8 Å². The van der Waals surface area contributed by atoms with Gasteiger partial charge < -0.3 is 9.47 Å². The van der Waals surface area contributed by atoms with E-state index in [1.807, 2.05) is 19.1 Å². The molecule has 4 nitrogen and oxygen atoms in total. The van der Waals surface area contributed by atoms with Gasteiger partial charge in [-0.15, -0.1) is 0 Å². The number of hydrogen-bond donors (Lipinski definition) is 2. The average Bonchev–Trinajstić information content (AvgIpc) is 2.47. The topological polar surface area (TPSA) is 56.5 Å². The maximum Gasteiger partial charge on any atom is 0.118 e. The Morgan fingerprint density at radius 3 is 2.30 bits per heavy atom. The summed E-state index contributed by atoms with van der Waals surface area (Å²) in [5.41, 5.74) is 4.19. The first-order valence-corrected chi connectivity index (χ1v) is 7.33. The van der Waals surface area contributed by atoms with Gasteiger partial charge in [0.25, 0.3) is 0 Å². The molecule has 114 valence electrons. The van der Waals surface area contributed by atoms with Crippen LogP contribution in [0.15, 0.2) is 24.3 Å². The van der Waals surface area contributed by atoms with Crippen molar-refractivity contribution < 1.29 is 9.47 Å². The molecule has 0 fully saturated rings. The summed E-state index contributed by atoms with van der Waals surface area (Å²) in [6.07, 6.45) is 2.06. The van der Waals surface area contributed by atoms with Crippen LogP contribution >= 0.6 is 0 Å². The van der Waals surface area contributed by atoms with Crippen LogP contribution in [0.4, 0.5) is 0 Å². The van der Waals surface area contributed by atoms with Gasteiger partial charge in [0.05, 0.1) is 13.2 Å². The Labute approximate surface area is 122 Å². The third kappa shape index (κ3) is 5.12. The Kier molecular flexibility index (Phi) is 7.59. The van der Waals surface area contributed by atoms with E-state index in [0.29, 0.717) is 12.5 Å². The van der Waals surface area contributed by atoms with E-state index >= 15 is 0 Å². The van der Waals surface area contributed by atoms with Crippen LogP contribution in [0.3, 0.4) is 0 Å². The molecule has 0 spiro atoms. The van der Waals surface area contributed by atoms with Crippen molar-refractivity contribution in [1.29, 1.82) is 0 Å². The standard InChI is InChI=1S/C16H28N2O2/c1-5-20-16(12(2)3)15(18-17)11-8-13-6-9-14(19-4)10-7-13/h6-7,9-10,12,15-16,18H,5,8,11,17H2,1-4H3. The van der Waals surface area contributed by atoms with Crippen molar-refractivity contribution >= 4 is 0 Å². The van der Waals surface area contributed by atoms with Crippen LogP contribution in [-0.4, -0.2) is 25.9 Å². The Morgan fingerprint density at radius 1 is 1.20 bits per heavy atom. The second-order valence-corrected chi connectivity index (χ2v) is 5.32. The SMILES string of the molecule is CCOC(C(C)C)C(CCc1ccc(OC)cc1)NN. The molecule has 0 aliphatic carbocycles. The molecule has 0 aliphatic heterocycles. The molecule has 0 saturated carbocycles. The summed E-state index contributed by atoms with van der Waals surface area (Å²) in [5, 5.41) is 0. The number of hydrazine groups is 1. The van der Waals surface area contributed by atoms with E-state index in [1.54, 1.807) is 7.11 Å². The van der Waals surface area contributed by atoms with Crippen LogP contribution in [0.2, 0.25) is 0 Å². The summed E-state index contributed by atoms with van der Waals surface area (Å²) in [5.74, 6) is 7.02. The summed E-state index contributed by atoms with van der Waals surface area (Å²) >= 11 is 0. The number of nitrogens with two attached hydrogens (primary N) is 1. The first kappa shape index (κ1) is 17.0. The zero-order chi connectivity index (χ0) is 15.0. The van der Waals surface area contributed by atoms with Crippen LogP contribution in [-0.2, 0) is 11.2 Å². The van der Waals surface area contributed by atoms with Gasteiger partial charge in [-0.05, 0) is 43.4 Å². The summed E-state index contributed by atoms with van der Waals surface area (Å²) in [7, 11) is 1.68. The monoisotopic (exact) mass is 280 g/mol. The fourth-order valence-electron chi connectivity index (χ4n) is 2.42. The lowest BCUT2D eigenvalue weighted by molar-refractivity contribution is 0.00153. The van der Waals surface area contributed by atoms with Crippen LogP contribution in [0.25, 0.3) is 0 Å². The van der Waals surface area contributed by atoms with E-state index in [4.69, 9.17) is 15.3 Å². The number of ether oxygens (including phenoxy) is 2. The van der Waals surface area contributed by atoms with Gasteiger partial charge in [0.1, 0.15) is 5.75 Å². The Bertz CT molecular complexity index is 365. The highest BCUT2D eigenvalue weighted by Gasteiger charge is 2.23. The number of rotatable bonds is 9. The van der Waals surface area contributed by atoms with Crippen LogP contribution in [0.1, 0.15) is 32.8 Å². The molecule has 0 amide bonds. The first-order chi connectivity index (χ1) is 9.62. The average molecular weight is 280 g/mol. The maximum atomic E-state index is 5.82. The van der Waals surface area contributed by atoms with Gasteiger partial charge in [0, 0.05) is 12.6 Å². The second kappa shape index (κ2) is 8.95. The van der Waals surface area contributed by atoms with Crippen molar-refractivity contribution in [2.24, 2.45) is 11.8 Å². The van der Waals surface area contributed by atoms with Crippen molar-refractivity contribution in [3.63, 3.8) is 0 Å². The Balaban J connectivity index is 2.58. The van der Waals surface area contributed by atoms with Crippen molar-refractivity contribution in [1.82, 2.24) is 5.43 Å². The smallest absolute Gasteiger partial charge is 0.118 e. The molecule has 20 heavy (non-hydrogen) atoms. The number of aryl methyl sites for hydroxylation is 1. The predicted octanol–water partition coefficient (Wildman–Crippen LogP) is 2.52. The fraction of sp³-hybridized carbons (Fsp3) is 0.625. The van der Waals surface area contributed by atoms with Crippen molar-refractivity contribution in [2.45, 2.75) is 45.8 Å². The molecule has 0 heterocycles. The first-order valence-electron chi connectivity index (χ1n) is 7.33. The van der Waals surface area contributed by atoms with Gasteiger partial charge in [-0.25, -0.2) is 0 Å². The molecule has 0 bridgehead atoms. The number of hydrogen-bond acceptors (Lipinski definition) is 4. The van der Waals surface area contributed by atoms with Crippen LogP contribution < -0.4 is 16.0 Å². The van der Waals surface area contributed by atoms with Gasteiger partial charge in [-0.1, -0.05) is 26.0 Å². The fourth-order valence-corrected chi connectivity index (χ4v) is 2.42. The van der Waals surface area contributed by atoms with E-state index in [0.717, 1.165) is 18.6 Å². The molecule has 1 aromatic carbocycles. The highest BCUT2D eigenvalue weighted by atomic mass is 16.5. The van der Waals surface area contributed by atoms with Gasteiger partial charge in [0.15, 0.2) is 0 Å². The summed E-state index contributed by atoms with van der Waals surface area (Å²) in [6.45, 7) is 7.06. The minimum Gasteiger partial charge on any atom is -0.497 e. The van der Waals surface area contributed by atoms with Crippen molar-refractivity contribution in [3.8, 4) is 5.75 Å². The molecular formula is C16H28N2O2. The molecule has 0 radical (unpaired) electrons. The highest BCUT2D eigenvalue weighted by Crippen LogP contribution is 2.17. The largest absolute Gasteiger partial charge is 0.497 e. The Morgan fingerprint density at radius 2 is 1.85 bits per heavy atom. The van der Waals surface area contributed by atoms with Crippen LogP contribution in [0.5, 0.6) is 5.75 Å². The molecule has 0 aromatic heterocycles. The van der Waals surface area contributed by atoms with E-state index in [2.05, 4.69) is 31.4 Å². The molecule has 1 aromatic rings. The van der Waals surface area contributed by atoms with Gasteiger partial charge in [0.2, 0.25) is 0 Å². The molecule has 0 saturated heterocycles. The van der Waals surface area contributed by atoms with E-state index < -0.39 is 0 Å². The van der Waals surface area contributed by atoms with Crippen LogP contribution in [0, 0.1) is 5.92 Å². The Hall–Kier alpha value is -1.10. The number of methoxy groups -OCH3 is 1. The molecule has 0 aliphatic rings. The van der Waals surface area contributed by atoms with E-state index in [1.165, 1.54) is 5.56 Å².